The molecule has 2 aromatic heterocycles. The van der Waals surface area contributed by atoms with Gasteiger partial charge in [-0.1, -0.05) is 43.3 Å². The summed E-state index contributed by atoms with van der Waals surface area (Å²) in [7, 11) is 0. The molecule has 27 heavy (non-hydrogen) atoms. The van der Waals surface area contributed by atoms with Gasteiger partial charge in [0.05, 0.1) is 17.2 Å². The summed E-state index contributed by atoms with van der Waals surface area (Å²) in [6.45, 7) is 6.23. The summed E-state index contributed by atoms with van der Waals surface area (Å²) in [6.07, 6.45) is 4.02. The Morgan fingerprint density at radius 3 is 2.78 bits per heavy atom. The number of fused-ring (bicyclic) bond motifs is 1. The number of pyridine rings is 1. The van der Waals surface area contributed by atoms with Crippen molar-refractivity contribution in [1.82, 2.24) is 15.0 Å². The van der Waals surface area contributed by atoms with Gasteiger partial charge >= 0.3 is 0 Å². The van der Waals surface area contributed by atoms with E-state index in [9.17, 15) is 9.59 Å². The smallest absolute Gasteiger partial charge is 0.212 e. The maximum atomic E-state index is 12.8. The fraction of sp³-hybridized carbons (Fsp3) is 0.238. The molecule has 0 bridgehead atoms. The second-order valence-corrected chi connectivity index (χ2v) is 7.13. The highest BCUT2D eigenvalue weighted by atomic mass is 16.1. The first-order valence-corrected chi connectivity index (χ1v) is 8.93. The highest BCUT2D eigenvalue weighted by Gasteiger charge is 2.31. The van der Waals surface area contributed by atoms with Crippen molar-refractivity contribution in [1.29, 1.82) is 0 Å². The van der Waals surface area contributed by atoms with Crippen LogP contribution in [0.5, 0.6) is 0 Å². The molecule has 0 radical (unpaired) electrons. The van der Waals surface area contributed by atoms with Crippen molar-refractivity contribution in [2.24, 2.45) is 11.8 Å². The average Bonchev–Trinajstić information content (AvgIpc) is 3.23. The third-order valence-electron chi connectivity index (χ3n) is 5.08. The van der Waals surface area contributed by atoms with Gasteiger partial charge in [0.1, 0.15) is 11.6 Å². The van der Waals surface area contributed by atoms with Gasteiger partial charge in [-0.2, -0.15) is 0 Å². The molecule has 1 saturated carbocycles. The number of allylic oxidation sites excluding steroid dienone is 1. The van der Waals surface area contributed by atoms with Gasteiger partial charge in [0.15, 0.2) is 5.78 Å². The molecular formula is C21H20N4O2. The highest BCUT2D eigenvalue weighted by molar-refractivity contribution is 6.00. The van der Waals surface area contributed by atoms with Gasteiger partial charge in [0.25, 0.3) is 0 Å². The van der Waals surface area contributed by atoms with E-state index in [-0.39, 0.29) is 11.7 Å². The summed E-state index contributed by atoms with van der Waals surface area (Å²) in [6, 6.07) is 9.18. The minimum absolute atomic E-state index is 0.0631. The van der Waals surface area contributed by atoms with E-state index in [0.717, 1.165) is 29.5 Å². The van der Waals surface area contributed by atoms with Crippen molar-refractivity contribution in [2.45, 2.75) is 19.8 Å². The zero-order chi connectivity index (χ0) is 19.0. The summed E-state index contributed by atoms with van der Waals surface area (Å²) >= 11 is 0. The van der Waals surface area contributed by atoms with Crippen LogP contribution in [0.15, 0.2) is 48.7 Å². The molecule has 136 valence electrons. The molecular weight excluding hydrogens is 340 g/mol. The summed E-state index contributed by atoms with van der Waals surface area (Å²) in [5, 5.41) is 2.51. The van der Waals surface area contributed by atoms with Crippen molar-refractivity contribution in [3.05, 3.63) is 54.2 Å². The van der Waals surface area contributed by atoms with Gasteiger partial charge in [-0.25, -0.2) is 9.97 Å². The molecule has 1 fully saturated rings. The number of aromatic nitrogens is 3. The first kappa shape index (κ1) is 17.1. The van der Waals surface area contributed by atoms with Crippen LogP contribution in [0.2, 0.25) is 0 Å². The Kier molecular flexibility index (Phi) is 4.32. The zero-order valence-electron chi connectivity index (χ0n) is 15.0. The van der Waals surface area contributed by atoms with E-state index >= 15 is 0 Å². The second-order valence-electron chi connectivity index (χ2n) is 7.13. The lowest BCUT2D eigenvalue weighted by Crippen LogP contribution is -2.12. The van der Waals surface area contributed by atoms with Crippen molar-refractivity contribution in [3.63, 3.8) is 0 Å². The second kappa shape index (κ2) is 6.79. The number of imidazole rings is 1. The van der Waals surface area contributed by atoms with Gasteiger partial charge in [-0.3, -0.25) is 9.59 Å². The first-order chi connectivity index (χ1) is 13.0. The van der Waals surface area contributed by atoms with Gasteiger partial charge in [-0.15, -0.1) is 0 Å². The quantitative estimate of drug-likeness (QED) is 0.409. The number of rotatable bonds is 5. The first-order valence-electron chi connectivity index (χ1n) is 8.93. The van der Waals surface area contributed by atoms with Crippen LogP contribution in [0.4, 0.5) is 5.82 Å². The largest absolute Gasteiger partial charge is 0.337 e. The van der Waals surface area contributed by atoms with E-state index < -0.39 is 0 Å². The SMILES string of the molecule is C=C1CC(C)CC1C(=O)c1ccc(-c2nc3cc(NC=O)ncc3[nH]2)cc1. The Hall–Kier alpha value is -3.28. The lowest BCUT2D eigenvalue weighted by molar-refractivity contribution is -0.105. The normalized spacial score (nSPS) is 19.4. The van der Waals surface area contributed by atoms with Crippen LogP contribution in [-0.2, 0) is 4.79 Å². The maximum Gasteiger partial charge on any atom is 0.212 e. The molecule has 3 aromatic rings. The van der Waals surface area contributed by atoms with Crippen molar-refractivity contribution in [2.75, 3.05) is 5.32 Å². The third kappa shape index (κ3) is 3.26. The van der Waals surface area contributed by atoms with Crippen LogP contribution in [0.1, 0.15) is 30.1 Å². The lowest BCUT2D eigenvalue weighted by Gasteiger charge is -2.10. The van der Waals surface area contributed by atoms with E-state index in [1.807, 2.05) is 24.3 Å². The number of anilines is 1. The van der Waals surface area contributed by atoms with Crippen molar-refractivity contribution in [3.8, 4) is 11.4 Å². The number of benzene rings is 1. The van der Waals surface area contributed by atoms with E-state index in [2.05, 4.69) is 33.8 Å². The Labute approximate surface area is 156 Å². The molecule has 1 aliphatic carbocycles. The van der Waals surface area contributed by atoms with Gasteiger partial charge in [0, 0.05) is 23.1 Å². The number of hydrogen-bond acceptors (Lipinski definition) is 4. The maximum absolute atomic E-state index is 12.8. The highest BCUT2D eigenvalue weighted by Crippen LogP contribution is 2.36. The molecule has 0 saturated heterocycles. The van der Waals surface area contributed by atoms with Crippen LogP contribution < -0.4 is 5.32 Å². The molecule has 0 aliphatic heterocycles. The fourth-order valence-corrected chi connectivity index (χ4v) is 3.71. The van der Waals surface area contributed by atoms with Gasteiger partial charge in [0.2, 0.25) is 6.41 Å². The summed E-state index contributed by atoms with van der Waals surface area (Å²) in [5.74, 6) is 1.74. The number of Topliss-reactive ketones (excluding diaryl/α,β-unsaturated/α-hetero) is 1. The number of aromatic amines is 1. The Morgan fingerprint density at radius 1 is 1.33 bits per heavy atom. The fourth-order valence-electron chi connectivity index (χ4n) is 3.71. The number of H-pyrrole nitrogens is 1. The van der Waals surface area contributed by atoms with E-state index in [4.69, 9.17) is 0 Å². The molecule has 4 rings (SSSR count). The van der Waals surface area contributed by atoms with Crippen LogP contribution in [0.25, 0.3) is 22.4 Å². The van der Waals surface area contributed by atoms with E-state index in [0.29, 0.717) is 35.1 Å². The number of carbonyl (C=O) groups excluding carboxylic acids is 2. The number of ketones is 1. The monoisotopic (exact) mass is 360 g/mol. The minimum Gasteiger partial charge on any atom is -0.337 e. The summed E-state index contributed by atoms with van der Waals surface area (Å²) in [5.41, 5.74) is 4.11. The summed E-state index contributed by atoms with van der Waals surface area (Å²) in [4.78, 5) is 35.2. The zero-order valence-corrected chi connectivity index (χ0v) is 15.0. The molecule has 2 atom stereocenters. The van der Waals surface area contributed by atoms with Crippen molar-refractivity contribution >= 4 is 29.0 Å². The van der Waals surface area contributed by atoms with Crippen LogP contribution in [-0.4, -0.2) is 27.1 Å². The lowest BCUT2D eigenvalue weighted by atomic mass is 9.92. The number of nitrogens with one attached hydrogen (secondary N) is 2. The molecule has 6 heteroatoms. The molecule has 1 aromatic carbocycles. The predicted octanol–water partition coefficient (Wildman–Crippen LogP) is 3.98. The number of hydrogen-bond donors (Lipinski definition) is 2. The predicted molar refractivity (Wildman–Crippen MR) is 104 cm³/mol. The molecule has 1 amide bonds. The Bertz CT molecular complexity index is 1040. The topological polar surface area (TPSA) is 87.7 Å². The Morgan fingerprint density at radius 2 is 2.11 bits per heavy atom. The molecule has 6 nitrogen and oxygen atoms in total. The number of carbonyl (C=O) groups is 2. The van der Waals surface area contributed by atoms with E-state index in [1.54, 1.807) is 12.3 Å². The third-order valence-corrected chi connectivity index (χ3v) is 5.08. The van der Waals surface area contributed by atoms with Crippen LogP contribution in [0.3, 0.4) is 0 Å². The van der Waals surface area contributed by atoms with Crippen LogP contribution in [0, 0.1) is 11.8 Å². The molecule has 2 N–H and O–H groups in total. The molecule has 0 spiro atoms. The van der Waals surface area contributed by atoms with Gasteiger partial charge in [-0.05, 0) is 18.8 Å². The molecule has 1 aliphatic rings. The standard InChI is InChI=1S/C21H20N4O2/c1-12-7-13(2)16(8-12)20(27)14-3-5-15(6-4-14)21-24-17-9-19(23-11-26)22-10-18(17)25-21/h3-6,9-12,16H,2,7-8H2,1H3,(H,24,25)(H,22,23,26). The van der Waals surface area contributed by atoms with Crippen molar-refractivity contribution < 1.29 is 9.59 Å². The number of amides is 1. The number of nitrogens with zero attached hydrogens (tertiary/aromatic N) is 2. The molecule has 2 heterocycles. The summed E-state index contributed by atoms with van der Waals surface area (Å²) < 4.78 is 0. The van der Waals surface area contributed by atoms with E-state index in [1.165, 1.54) is 0 Å². The van der Waals surface area contributed by atoms with Gasteiger partial charge < -0.3 is 10.3 Å². The Balaban J connectivity index is 1.58. The minimum atomic E-state index is -0.0631. The molecule has 2 unspecified atom stereocenters. The average molecular weight is 360 g/mol. The van der Waals surface area contributed by atoms with Crippen LogP contribution >= 0.6 is 0 Å².